The van der Waals surface area contributed by atoms with E-state index in [1.165, 1.54) is 30.8 Å². The lowest BCUT2D eigenvalue weighted by atomic mass is 9.90. The second-order valence-corrected chi connectivity index (χ2v) is 7.19. The third-order valence-corrected chi connectivity index (χ3v) is 5.54. The minimum Gasteiger partial charge on any atom is -0.381 e. The number of hydrogen-bond acceptors (Lipinski definition) is 3. The third-order valence-electron chi connectivity index (χ3n) is 4.31. The number of halogens is 1. The second kappa shape index (κ2) is 7.38. The minimum atomic E-state index is -1.47. The van der Waals surface area contributed by atoms with Crippen LogP contribution in [0.1, 0.15) is 12.5 Å². The summed E-state index contributed by atoms with van der Waals surface area (Å²) in [6.45, 7) is 1.41. The summed E-state index contributed by atoms with van der Waals surface area (Å²) in [5, 5.41) is 13.1. The Hall–Kier alpha value is -2.17. The first-order valence-corrected chi connectivity index (χ1v) is 9.05. The Balaban J connectivity index is 1.84. The second-order valence-electron chi connectivity index (χ2n) is 6.15. The van der Waals surface area contributed by atoms with Gasteiger partial charge in [0.25, 0.3) is 0 Å². The van der Waals surface area contributed by atoms with Crippen LogP contribution in [0, 0.1) is 5.82 Å². The predicted octanol–water partition coefficient (Wildman–Crippen LogP) is 4.63. The summed E-state index contributed by atoms with van der Waals surface area (Å²) in [5.41, 5.74) is -0.529. The van der Waals surface area contributed by atoms with Gasteiger partial charge in [0.1, 0.15) is 11.4 Å². The molecule has 4 heteroatoms. The molecule has 3 aromatic carbocycles. The molecule has 128 valence electrons. The fraction of sp³-hybridized carbons (Fsp3) is 0.190. The van der Waals surface area contributed by atoms with Gasteiger partial charge in [-0.15, -0.1) is 11.8 Å². The van der Waals surface area contributed by atoms with E-state index in [4.69, 9.17) is 0 Å². The molecule has 25 heavy (non-hydrogen) atoms. The third kappa shape index (κ3) is 4.09. The first-order chi connectivity index (χ1) is 12.0. The zero-order chi connectivity index (χ0) is 17.9. The van der Waals surface area contributed by atoms with Crippen LogP contribution in [-0.4, -0.2) is 22.2 Å². The van der Waals surface area contributed by atoms with Crippen molar-refractivity contribution < 1.29 is 14.3 Å². The fourth-order valence-corrected chi connectivity index (χ4v) is 3.81. The van der Waals surface area contributed by atoms with E-state index in [1.54, 1.807) is 12.1 Å². The molecule has 3 rings (SSSR count). The molecule has 0 saturated carbocycles. The molecule has 0 aromatic heterocycles. The zero-order valence-electron chi connectivity index (χ0n) is 13.9. The monoisotopic (exact) mass is 354 g/mol. The van der Waals surface area contributed by atoms with E-state index in [0.29, 0.717) is 0 Å². The van der Waals surface area contributed by atoms with Gasteiger partial charge in [0.05, 0.1) is 0 Å². The van der Waals surface area contributed by atoms with Crippen LogP contribution in [0.25, 0.3) is 10.8 Å². The number of benzene rings is 3. The number of carbonyl (C=O) groups excluding carboxylic acids is 1. The van der Waals surface area contributed by atoms with Crippen LogP contribution in [0.15, 0.2) is 71.6 Å². The van der Waals surface area contributed by atoms with Crippen LogP contribution in [0.3, 0.4) is 0 Å². The standard InChI is InChI=1S/C21H19FO2S/c1-15(23)21(24,14-25-19-11-9-18(22)10-12-19)13-17-7-4-6-16-5-2-3-8-20(16)17/h2-12,24H,13-14H2,1H3/t21-/m0/s1. The quantitative estimate of drug-likeness (QED) is 0.656. The number of hydrogen-bond donors (Lipinski definition) is 1. The lowest BCUT2D eigenvalue weighted by molar-refractivity contribution is -0.132. The minimum absolute atomic E-state index is 0.219. The van der Waals surface area contributed by atoms with Crippen LogP contribution >= 0.6 is 11.8 Å². The van der Waals surface area contributed by atoms with Gasteiger partial charge < -0.3 is 5.11 Å². The van der Waals surface area contributed by atoms with Gasteiger partial charge in [-0.2, -0.15) is 0 Å². The van der Waals surface area contributed by atoms with Gasteiger partial charge in [0.2, 0.25) is 0 Å². The maximum Gasteiger partial charge on any atom is 0.162 e. The topological polar surface area (TPSA) is 37.3 Å². The Morgan fingerprint density at radius 1 is 1.04 bits per heavy atom. The van der Waals surface area contributed by atoms with Gasteiger partial charge in [0, 0.05) is 17.1 Å². The summed E-state index contributed by atoms with van der Waals surface area (Å²) >= 11 is 1.35. The highest BCUT2D eigenvalue weighted by Gasteiger charge is 2.33. The van der Waals surface area contributed by atoms with Gasteiger partial charge in [-0.05, 0) is 47.5 Å². The van der Waals surface area contributed by atoms with E-state index in [0.717, 1.165) is 21.2 Å². The number of aliphatic hydroxyl groups is 1. The molecule has 0 bridgehead atoms. The molecule has 0 heterocycles. The molecule has 1 atom stereocenters. The summed E-state index contributed by atoms with van der Waals surface area (Å²) in [7, 11) is 0. The van der Waals surface area contributed by atoms with Gasteiger partial charge in [-0.3, -0.25) is 4.79 Å². The molecule has 0 aliphatic rings. The first kappa shape index (κ1) is 17.6. The number of fused-ring (bicyclic) bond motifs is 1. The maximum atomic E-state index is 13.0. The van der Waals surface area contributed by atoms with E-state index < -0.39 is 5.60 Å². The molecule has 0 aliphatic carbocycles. The highest BCUT2D eigenvalue weighted by Crippen LogP contribution is 2.29. The highest BCUT2D eigenvalue weighted by atomic mass is 32.2. The molecular weight excluding hydrogens is 335 g/mol. The smallest absolute Gasteiger partial charge is 0.162 e. The molecule has 0 radical (unpaired) electrons. The van der Waals surface area contributed by atoms with Crippen LogP contribution in [0.2, 0.25) is 0 Å². The Morgan fingerprint density at radius 2 is 1.72 bits per heavy atom. The van der Waals surface area contributed by atoms with Crippen LogP contribution in [0.4, 0.5) is 4.39 Å². The summed E-state index contributed by atoms with van der Waals surface area (Å²) in [5.74, 6) is -0.353. The van der Waals surface area contributed by atoms with E-state index in [1.807, 2.05) is 42.5 Å². The maximum absolute atomic E-state index is 13.0. The summed E-state index contributed by atoms with van der Waals surface area (Å²) < 4.78 is 13.0. The summed E-state index contributed by atoms with van der Waals surface area (Å²) in [6, 6.07) is 19.9. The summed E-state index contributed by atoms with van der Waals surface area (Å²) in [6.07, 6.45) is 0.248. The van der Waals surface area contributed by atoms with E-state index in [-0.39, 0.29) is 23.8 Å². The van der Waals surface area contributed by atoms with Crippen LogP contribution in [0.5, 0.6) is 0 Å². The van der Waals surface area contributed by atoms with Crippen molar-refractivity contribution in [2.45, 2.75) is 23.8 Å². The van der Waals surface area contributed by atoms with E-state index in [2.05, 4.69) is 0 Å². The van der Waals surface area contributed by atoms with E-state index in [9.17, 15) is 14.3 Å². The van der Waals surface area contributed by atoms with E-state index >= 15 is 0 Å². The van der Waals surface area contributed by atoms with Gasteiger partial charge >= 0.3 is 0 Å². The van der Waals surface area contributed by atoms with Crippen molar-refractivity contribution in [3.8, 4) is 0 Å². The van der Waals surface area contributed by atoms with Crippen molar-refractivity contribution in [1.29, 1.82) is 0 Å². The number of Topliss-reactive ketones (excluding diaryl/α,β-unsaturated/α-hetero) is 1. The Bertz CT molecular complexity index is 887. The number of rotatable bonds is 6. The Labute approximate surface area is 150 Å². The van der Waals surface area contributed by atoms with Gasteiger partial charge in [-0.1, -0.05) is 42.5 Å². The predicted molar refractivity (Wildman–Crippen MR) is 100 cm³/mol. The van der Waals surface area contributed by atoms with Gasteiger partial charge in [-0.25, -0.2) is 4.39 Å². The lowest BCUT2D eigenvalue weighted by Crippen LogP contribution is -2.42. The van der Waals surface area contributed by atoms with Crippen molar-refractivity contribution in [1.82, 2.24) is 0 Å². The molecular formula is C21H19FO2S. The van der Waals surface area contributed by atoms with Crippen molar-refractivity contribution in [2.24, 2.45) is 0 Å². The molecule has 0 unspecified atom stereocenters. The molecule has 1 N–H and O–H groups in total. The SMILES string of the molecule is CC(=O)[C@@](O)(CSc1ccc(F)cc1)Cc1cccc2ccccc12. The summed E-state index contributed by atoms with van der Waals surface area (Å²) in [4.78, 5) is 13.0. The van der Waals surface area contributed by atoms with Crippen LogP contribution < -0.4 is 0 Å². The average Bonchev–Trinajstić information content (AvgIpc) is 2.61. The molecule has 0 spiro atoms. The zero-order valence-corrected chi connectivity index (χ0v) is 14.7. The van der Waals surface area contributed by atoms with Crippen LogP contribution in [-0.2, 0) is 11.2 Å². The number of ketones is 1. The molecule has 3 aromatic rings. The Morgan fingerprint density at radius 3 is 2.44 bits per heavy atom. The van der Waals surface area contributed by atoms with Gasteiger partial charge in [0.15, 0.2) is 5.78 Å². The largest absolute Gasteiger partial charge is 0.381 e. The Kier molecular flexibility index (Phi) is 5.21. The number of carbonyl (C=O) groups is 1. The van der Waals surface area contributed by atoms with Crippen molar-refractivity contribution >= 4 is 28.3 Å². The molecule has 0 amide bonds. The normalized spacial score (nSPS) is 13.6. The average molecular weight is 354 g/mol. The van der Waals surface area contributed by atoms with Crippen molar-refractivity contribution in [3.63, 3.8) is 0 Å². The molecule has 2 nitrogen and oxygen atoms in total. The molecule has 0 aliphatic heterocycles. The first-order valence-electron chi connectivity index (χ1n) is 8.06. The van der Waals surface area contributed by atoms with Crippen molar-refractivity contribution in [3.05, 3.63) is 78.1 Å². The molecule has 0 fully saturated rings. The van der Waals surface area contributed by atoms with Crippen molar-refractivity contribution in [2.75, 3.05) is 5.75 Å². The number of thioether (sulfide) groups is 1. The molecule has 0 saturated heterocycles. The fourth-order valence-electron chi connectivity index (χ4n) is 2.77. The highest BCUT2D eigenvalue weighted by molar-refractivity contribution is 7.99. The lowest BCUT2D eigenvalue weighted by Gasteiger charge is -2.25.